The number of aliphatic hydroxyl groups is 1. The molecule has 0 bridgehead atoms. The maximum Gasteiger partial charge on any atom is 0.322 e. The van der Waals surface area contributed by atoms with Crippen molar-refractivity contribution < 1.29 is 23.6 Å². The Morgan fingerprint density at radius 3 is 2.64 bits per heavy atom. The molecule has 42 heavy (non-hydrogen) atoms. The zero-order chi connectivity index (χ0) is 28.8. The van der Waals surface area contributed by atoms with Crippen molar-refractivity contribution in [1.82, 2.24) is 19.9 Å². The summed E-state index contributed by atoms with van der Waals surface area (Å²) in [7, 11) is 1.63. The Bertz CT molecular complexity index is 1740. The van der Waals surface area contributed by atoms with E-state index < -0.39 is 6.04 Å². The number of rotatable bonds is 6. The highest BCUT2D eigenvalue weighted by Gasteiger charge is 2.53. The SMILES string of the molecule is COc1ccc2c3c([nH]c2c1)[C@@H](CO)N(C(=O)Nc1ccc(F)cc1)CC31CN(Cc2cc(-c3ccccc3)on2)C1. The standard InChI is InChI=1S/C32H30FN5O4/c1-41-24-11-12-25-26(14-24)35-30-27(16-39)38(31(40)34-22-9-7-21(33)8-10-22)19-32(29(25)30)17-37(18-32)15-23-13-28(42-36-23)20-5-3-2-4-6-20/h2-14,27,35,39H,15-19H2,1H3,(H,34,40)/t27-/m1/s1. The van der Waals surface area contributed by atoms with Crippen molar-refractivity contribution in [3.63, 3.8) is 0 Å². The molecule has 1 saturated heterocycles. The fraction of sp³-hybridized carbons (Fsp3) is 0.250. The molecule has 2 amide bonds. The predicted octanol–water partition coefficient (Wildman–Crippen LogP) is 5.31. The minimum Gasteiger partial charge on any atom is -0.497 e. The van der Waals surface area contributed by atoms with Crippen LogP contribution >= 0.6 is 0 Å². The number of benzene rings is 3. The third kappa shape index (κ3) is 4.49. The Hall–Kier alpha value is -4.67. The molecule has 2 aliphatic rings. The number of nitrogens with one attached hydrogen (secondary N) is 2. The number of aromatic nitrogens is 2. The quantitative estimate of drug-likeness (QED) is 0.257. The van der Waals surface area contributed by atoms with Crippen molar-refractivity contribution in [1.29, 1.82) is 0 Å². The molecular formula is C32H30FN5O4. The Morgan fingerprint density at radius 2 is 1.90 bits per heavy atom. The molecule has 3 N–H and O–H groups in total. The number of carbonyl (C=O) groups excluding carboxylic acids is 1. The minimum absolute atomic E-state index is 0.255. The van der Waals surface area contributed by atoms with Gasteiger partial charge in [-0.3, -0.25) is 4.90 Å². The number of methoxy groups -OCH3 is 1. The molecule has 4 heterocycles. The molecule has 0 unspecified atom stereocenters. The van der Waals surface area contributed by atoms with E-state index in [-0.39, 0.29) is 23.9 Å². The van der Waals surface area contributed by atoms with E-state index in [9.17, 15) is 14.3 Å². The van der Waals surface area contributed by atoms with Crippen LogP contribution in [0.1, 0.15) is 23.0 Å². The van der Waals surface area contributed by atoms with Gasteiger partial charge in [-0.05, 0) is 42.0 Å². The largest absolute Gasteiger partial charge is 0.497 e. The monoisotopic (exact) mass is 567 g/mol. The van der Waals surface area contributed by atoms with Crippen molar-refractivity contribution in [3.8, 4) is 17.1 Å². The van der Waals surface area contributed by atoms with E-state index in [0.29, 0.717) is 31.9 Å². The molecule has 5 aromatic rings. The lowest BCUT2D eigenvalue weighted by molar-refractivity contribution is 0.00749. The summed E-state index contributed by atoms with van der Waals surface area (Å²) in [6.45, 7) is 2.13. The molecule has 9 nitrogen and oxygen atoms in total. The van der Waals surface area contributed by atoms with Crippen LogP contribution in [-0.4, -0.2) is 64.4 Å². The smallest absolute Gasteiger partial charge is 0.322 e. The van der Waals surface area contributed by atoms with E-state index in [1.165, 1.54) is 24.3 Å². The molecular weight excluding hydrogens is 537 g/mol. The third-order valence-electron chi connectivity index (χ3n) is 8.33. The summed E-state index contributed by atoms with van der Waals surface area (Å²) in [6.07, 6.45) is 0. The van der Waals surface area contributed by atoms with Crippen molar-refractivity contribution >= 4 is 22.6 Å². The van der Waals surface area contributed by atoms with E-state index in [0.717, 1.165) is 44.9 Å². The van der Waals surface area contributed by atoms with E-state index in [2.05, 4.69) is 20.4 Å². The molecule has 0 radical (unpaired) electrons. The number of fused-ring (bicyclic) bond motifs is 4. The average molecular weight is 568 g/mol. The van der Waals surface area contributed by atoms with Crippen LogP contribution in [0, 0.1) is 5.82 Å². The van der Waals surface area contributed by atoms with Crippen LogP contribution in [0.3, 0.4) is 0 Å². The summed E-state index contributed by atoms with van der Waals surface area (Å²) in [5, 5.41) is 18.8. The predicted molar refractivity (Wildman–Crippen MR) is 156 cm³/mol. The lowest BCUT2D eigenvalue weighted by Crippen LogP contribution is -2.66. The van der Waals surface area contributed by atoms with Crippen LogP contribution in [0.15, 0.2) is 83.4 Å². The first-order valence-electron chi connectivity index (χ1n) is 13.8. The van der Waals surface area contributed by atoms with Crippen LogP contribution in [-0.2, 0) is 12.0 Å². The maximum atomic E-state index is 13.6. The summed E-state index contributed by atoms with van der Waals surface area (Å²) in [6, 6.07) is 22.5. The van der Waals surface area contributed by atoms with Gasteiger partial charge < -0.3 is 29.6 Å². The Kier molecular flexibility index (Phi) is 6.44. The second-order valence-corrected chi connectivity index (χ2v) is 11.1. The first-order valence-corrected chi connectivity index (χ1v) is 13.8. The van der Waals surface area contributed by atoms with Gasteiger partial charge in [0.25, 0.3) is 0 Å². The van der Waals surface area contributed by atoms with Crippen LogP contribution in [0.2, 0.25) is 0 Å². The molecule has 2 aromatic heterocycles. The van der Waals surface area contributed by atoms with E-state index in [1.807, 2.05) is 54.6 Å². The second kappa shape index (κ2) is 10.3. The molecule has 0 aliphatic carbocycles. The number of hydrogen-bond donors (Lipinski definition) is 3. The Labute approximate surface area is 241 Å². The summed E-state index contributed by atoms with van der Waals surface area (Å²) in [5.74, 6) is 1.06. The zero-order valence-electron chi connectivity index (χ0n) is 23.0. The van der Waals surface area contributed by atoms with Crippen molar-refractivity contribution in [2.75, 3.05) is 38.7 Å². The molecule has 214 valence electrons. The Balaban J connectivity index is 1.20. The number of H-pyrrole nitrogens is 1. The number of amides is 2. The number of hydrogen-bond acceptors (Lipinski definition) is 6. The van der Waals surface area contributed by atoms with E-state index in [4.69, 9.17) is 9.26 Å². The topological polar surface area (TPSA) is 107 Å². The highest BCUT2D eigenvalue weighted by molar-refractivity contribution is 5.92. The lowest BCUT2D eigenvalue weighted by atomic mass is 9.68. The molecule has 10 heteroatoms. The molecule has 7 rings (SSSR count). The van der Waals surface area contributed by atoms with Gasteiger partial charge in [0.05, 0.1) is 25.5 Å². The Morgan fingerprint density at radius 1 is 1.12 bits per heavy atom. The van der Waals surface area contributed by atoms with Gasteiger partial charge in [-0.2, -0.15) is 0 Å². The number of aliphatic hydroxyl groups excluding tert-OH is 1. The van der Waals surface area contributed by atoms with Gasteiger partial charge >= 0.3 is 6.03 Å². The number of anilines is 1. The number of aromatic amines is 1. The number of ether oxygens (including phenoxy) is 1. The van der Waals surface area contributed by atoms with Gasteiger partial charge in [0.1, 0.15) is 11.6 Å². The summed E-state index contributed by atoms with van der Waals surface area (Å²) in [4.78, 5) is 21.1. The fourth-order valence-electron chi connectivity index (χ4n) is 6.48. The van der Waals surface area contributed by atoms with Crippen LogP contribution in [0.5, 0.6) is 5.75 Å². The maximum absolute atomic E-state index is 13.6. The molecule has 3 aromatic carbocycles. The van der Waals surface area contributed by atoms with E-state index in [1.54, 1.807) is 12.0 Å². The van der Waals surface area contributed by atoms with Gasteiger partial charge in [0.2, 0.25) is 0 Å². The van der Waals surface area contributed by atoms with Crippen molar-refractivity contribution in [2.45, 2.75) is 18.0 Å². The van der Waals surface area contributed by atoms with Gasteiger partial charge in [0.15, 0.2) is 5.76 Å². The highest BCUT2D eigenvalue weighted by atomic mass is 19.1. The fourth-order valence-corrected chi connectivity index (χ4v) is 6.48. The minimum atomic E-state index is -0.581. The number of urea groups is 1. The highest BCUT2D eigenvalue weighted by Crippen LogP contribution is 2.49. The third-order valence-corrected chi connectivity index (χ3v) is 8.33. The van der Waals surface area contributed by atoms with Gasteiger partial charge in [-0.1, -0.05) is 35.5 Å². The van der Waals surface area contributed by atoms with Crippen molar-refractivity contribution in [2.24, 2.45) is 0 Å². The van der Waals surface area contributed by atoms with E-state index >= 15 is 0 Å². The first kappa shape index (κ1) is 26.2. The number of carbonyl (C=O) groups is 1. The lowest BCUT2D eigenvalue weighted by Gasteiger charge is -2.56. The first-order chi connectivity index (χ1) is 20.5. The number of nitrogens with zero attached hydrogens (tertiary/aromatic N) is 3. The van der Waals surface area contributed by atoms with Gasteiger partial charge in [-0.25, -0.2) is 9.18 Å². The number of halogens is 1. The van der Waals surface area contributed by atoms with Crippen LogP contribution < -0.4 is 10.1 Å². The second-order valence-electron chi connectivity index (χ2n) is 11.1. The van der Waals surface area contributed by atoms with Gasteiger partial charge in [-0.15, -0.1) is 0 Å². The summed E-state index contributed by atoms with van der Waals surface area (Å²) in [5.41, 5.74) is 4.73. The van der Waals surface area contributed by atoms with Crippen molar-refractivity contribution in [3.05, 3.63) is 102 Å². The molecule has 2 aliphatic heterocycles. The molecule has 0 saturated carbocycles. The molecule has 1 fully saturated rings. The van der Waals surface area contributed by atoms with Crippen LogP contribution in [0.4, 0.5) is 14.9 Å². The summed E-state index contributed by atoms with van der Waals surface area (Å²) >= 11 is 0. The summed E-state index contributed by atoms with van der Waals surface area (Å²) < 4.78 is 24.5. The number of likely N-dealkylation sites (tertiary alicyclic amines) is 1. The molecule has 1 atom stereocenters. The average Bonchev–Trinajstić information content (AvgIpc) is 3.62. The van der Waals surface area contributed by atoms with Gasteiger partial charge in [0, 0.05) is 71.6 Å². The van der Waals surface area contributed by atoms with Crippen LogP contribution in [0.25, 0.3) is 22.2 Å². The normalized spacial score (nSPS) is 17.7. The zero-order valence-corrected chi connectivity index (χ0v) is 23.0. The molecule has 1 spiro atoms.